The third-order valence-corrected chi connectivity index (χ3v) is 5.28. The molecule has 2 aromatic carbocycles. The zero-order valence-corrected chi connectivity index (χ0v) is 17.4. The van der Waals surface area contributed by atoms with E-state index in [1.54, 1.807) is 7.11 Å². The Labute approximate surface area is 178 Å². The normalized spacial score (nSPS) is 12.4. The Bertz CT molecular complexity index is 978. The molecule has 7 nitrogen and oxygen atoms in total. The number of ether oxygens (including phenoxy) is 2. The minimum absolute atomic E-state index is 0. The van der Waals surface area contributed by atoms with Crippen molar-refractivity contribution in [3.05, 3.63) is 64.2 Å². The molecule has 2 heterocycles. The molecule has 2 N–H and O–H groups in total. The summed E-state index contributed by atoms with van der Waals surface area (Å²) in [6, 6.07) is 13.1. The molecule has 4 rings (SSSR count). The van der Waals surface area contributed by atoms with E-state index in [4.69, 9.17) is 9.47 Å². The van der Waals surface area contributed by atoms with E-state index >= 15 is 0 Å². The first kappa shape index (κ1) is 21.0. The highest BCUT2D eigenvalue weighted by Crippen LogP contribution is 2.22. The van der Waals surface area contributed by atoms with Gasteiger partial charge >= 0.3 is 0 Å². The van der Waals surface area contributed by atoms with Crippen molar-refractivity contribution in [1.82, 2.24) is 15.5 Å². The number of hydrogen-bond acceptors (Lipinski definition) is 7. The molecule has 0 saturated carbocycles. The highest BCUT2D eigenvalue weighted by atomic mass is 35.5. The van der Waals surface area contributed by atoms with Crippen molar-refractivity contribution in [1.29, 1.82) is 0 Å². The fraction of sp³-hybridized carbons (Fsp3) is 0.250. The van der Waals surface area contributed by atoms with E-state index in [9.17, 15) is 4.79 Å². The van der Waals surface area contributed by atoms with Crippen molar-refractivity contribution in [2.24, 2.45) is 0 Å². The highest BCUT2D eigenvalue weighted by molar-refractivity contribution is 7.15. The number of halogens is 1. The van der Waals surface area contributed by atoms with E-state index in [-0.39, 0.29) is 24.9 Å². The van der Waals surface area contributed by atoms with Gasteiger partial charge in [-0.3, -0.25) is 10.1 Å². The van der Waals surface area contributed by atoms with Crippen LogP contribution in [0.4, 0.5) is 5.13 Å². The van der Waals surface area contributed by atoms with E-state index in [0.717, 1.165) is 25.3 Å². The zero-order chi connectivity index (χ0) is 19.3. The minimum atomic E-state index is -0.180. The van der Waals surface area contributed by atoms with E-state index < -0.39 is 0 Å². The number of anilines is 1. The fourth-order valence-corrected chi connectivity index (χ4v) is 3.62. The summed E-state index contributed by atoms with van der Waals surface area (Å²) in [6.45, 7) is 2.07. The quantitative estimate of drug-likeness (QED) is 0.620. The van der Waals surface area contributed by atoms with Gasteiger partial charge in [0.15, 0.2) is 5.01 Å². The number of amides is 1. The van der Waals surface area contributed by atoms with Gasteiger partial charge < -0.3 is 14.8 Å². The van der Waals surface area contributed by atoms with Gasteiger partial charge in [0.05, 0.1) is 7.11 Å². The molecular formula is C20H21ClN4O3S. The van der Waals surface area contributed by atoms with E-state index in [2.05, 4.69) is 20.8 Å². The second kappa shape index (κ2) is 9.69. The molecule has 0 atom stereocenters. The second-order valence-corrected chi connectivity index (χ2v) is 7.39. The molecule has 0 bridgehead atoms. The molecule has 1 aliphatic heterocycles. The summed E-state index contributed by atoms with van der Waals surface area (Å²) in [5.74, 6) is 1.30. The maximum atomic E-state index is 12.5. The number of carbonyl (C=O) groups excluding carboxylic acids is 1. The Morgan fingerprint density at radius 3 is 2.72 bits per heavy atom. The van der Waals surface area contributed by atoms with Crippen molar-refractivity contribution in [3.63, 3.8) is 0 Å². The minimum Gasteiger partial charge on any atom is -0.497 e. The monoisotopic (exact) mass is 432 g/mol. The number of rotatable bonds is 6. The number of methoxy groups -OCH3 is 1. The first-order valence-electron chi connectivity index (χ1n) is 8.94. The predicted molar refractivity (Wildman–Crippen MR) is 114 cm³/mol. The number of benzene rings is 2. The Balaban J connectivity index is 0.00000240. The number of fused-ring (bicyclic) bond motifs is 1. The molecule has 0 fully saturated rings. The van der Waals surface area contributed by atoms with Crippen LogP contribution in [0.25, 0.3) is 0 Å². The lowest BCUT2D eigenvalue weighted by Crippen LogP contribution is -2.24. The molecular weight excluding hydrogens is 412 g/mol. The van der Waals surface area contributed by atoms with Crippen LogP contribution in [0.3, 0.4) is 0 Å². The second-order valence-electron chi connectivity index (χ2n) is 6.33. The van der Waals surface area contributed by atoms with Crippen molar-refractivity contribution in [2.75, 3.05) is 19.0 Å². The Morgan fingerprint density at radius 2 is 1.93 bits per heavy atom. The summed E-state index contributed by atoms with van der Waals surface area (Å²) in [6.07, 6.45) is 0.933. The van der Waals surface area contributed by atoms with Crippen molar-refractivity contribution < 1.29 is 14.3 Å². The first-order chi connectivity index (χ1) is 13.7. The van der Waals surface area contributed by atoms with Gasteiger partial charge in [-0.2, -0.15) is 0 Å². The van der Waals surface area contributed by atoms with Crippen LogP contribution in [0.1, 0.15) is 26.5 Å². The Hall–Kier alpha value is -2.68. The number of hydrogen-bond donors (Lipinski definition) is 2. The summed E-state index contributed by atoms with van der Waals surface area (Å²) >= 11 is 1.30. The van der Waals surface area contributed by atoms with Crippen LogP contribution >= 0.6 is 23.7 Å². The molecule has 1 aliphatic rings. The summed E-state index contributed by atoms with van der Waals surface area (Å²) in [5, 5.41) is 15.4. The summed E-state index contributed by atoms with van der Waals surface area (Å²) in [7, 11) is 1.62. The third kappa shape index (κ3) is 5.23. The molecule has 0 unspecified atom stereocenters. The average molecular weight is 433 g/mol. The van der Waals surface area contributed by atoms with Gasteiger partial charge in [0, 0.05) is 12.1 Å². The number of carbonyl (C=O) groups is 1. The lowest BCUT2D eigenvalue weighted by atomic mass is 9.98. The van der Waals surface area contributed by atoms with Gasteiger partial charge in [0.2, 0.25) is 5.13 Å². The predicted octanol–water partition coefficient (Wildman–Crippen LogP) is 3.45. The summed E-state index contributed by atoms with van der Waals surface area (Å²) in [5.41, 5.74) is 3.10. The molecule has 0 radical (unpaired) electrons. The molecule has 9 heteroatoms. The smallest absolute Gasteiger partial charge is 0.257 e. The van der Waals surface area contributed by atoms with Crippen molar-refractivity contribution >= 4 is 34.8 Å². The lowest BCUT2D eigenvalue weighted by molar-refractivity contribution is 0.102. The van der Waals surface area contributed by atoms with Crippen LogP contribution in [0.5, 0.6) is 11.5 Å². The van der Waals surface area contributed by atoms with Crippen molar-refractivity contribution in [3.8, 4) is 11.5 Å². The molecule has 0 spiro atoms. The van der Waals surface area contributed by atoms with E-state index in [1.807, 2.05) is 42.5 Å². The average Bonchev–Trinajstić information content (AvgIpc) is 3.19. The van der Waals surface area contributed by atoms with Crippen LogP contribution in [-0.4, -0.2) is 29.8 Å². The maximum Gasteiger partial charge on any atom is 0.257 e. The summed E-state index contributed by atoms with van der Waals surface area (Å²) < 4.78 is 10.8. The SMILES string of the molecule is COc1ccc(OCc2nnc(NC(=O)c3ccc4c(c3)CCNC4)s2)cc1.Cl. The molecule has 0 aliphatic carbocycles. The molecule has 29 heavy (non-hydrogen) atoms. The Kier molecular flexibility index (Phi) is 7.03. The fourth-order valence-electron chi connectivity index (χ4n) is 2.97. The molecule has 0 saturated heterocycles. The van der Waals surface area contributed by atoms with Gasteiger partial charge in [-0.05, 0) is 60.5 Å². The number of nitrogens with zero attached hydrogens (tertiary/aromatic N) is 2. The molecule has 3 aromatic rings. The van der Waals surface area contributed by atoms with Crippen molar-refractivity contribution in [2.45, 2.75) is 19.6 Å². The van der Waals surface area contributed by atoms with Gasteiger partial charge in [-0.15, -0.1) is 22.6 Å². The first-order valence-corrected chi connectivity index (χ1v) is 9.76. The maximum absolute atomic E-state index is 12.5. The zero-order valence-electron chi connectivity index (χ0n) is 15.8. The van der Waals surface area contributed by atoms with E-state index in [0.29, 0.717) is 21.5 Å². The summed E-state index contributed by atoms with van der Waals surface area (Å²) in [4.78, 5) is 12.5. The van der Waals surface area contributed by atoms with Crippen LogP contribution in [0, 0.1) is 0 Å². The molecule has 1 amide bonds. The highest BCUT2D eigenvalue weighted by Gasteiger charge is 2.14. The lowest BCUT2D eigenvalue weighted by Gasteiger charge is -2.17. The molecule has 152 valence electrons. The Morgan fingerprint density at radius 1 is 1.14 bits per heavy atom. The number of aromatic nitrogens is 2. The van der Waals surface area contributed by atoms with Gasteiger partial charge in [-0.25, -0.2) is 0 Å². The van der Waals surface area contributed by atoms with Crippen LogP contribution in [0.15, 0.2) is 42.5 Å². The topological polar surface area (TPSA) is 85.4 Å². The largest absolute Gasteiger partial charge is 0.497 e. The third-order valence-electron chi connectivity index (χ3n) is 4.46. The standard InChI is InChI=1S/C20H20N4O3S.ClH/c1-26-16-4-6-17(7-5-16)27-12-18-23-24-20(28-18)22-19(25)14-2-3-15-11-21-9-8-13(15)10-14;/h2-7,10,21H,8-9,11-12H2,1H3,(H,22,24,25);1H. The van der Waals surface area contributed by atoms with Crippen LogP contribution in [0.2, 0.25) is 0 Å². The molecule has 1 aromatic heterocycles. The van der Waals surface area contributed by atoms with E-state index in [1.165, 1.54) is 22.5 Å². The van der Waals surface area contributed by atoms with Crippen LogP contribution < -0.4 is 20.1 Å². The van der Waals surface area contributed by atoms with Gasteiger partial charge in [0.1, 0.15) is 18.1 Å². The number of nitrogens with one attached hydrogen (secondary N) is 2. The van der Waals surface area contributed by atoms with Gasteiger partial charge in [-0.1, -0.05) is 17.4 Å². The van der Waals surface area contributed by atoms with Crippen LogP contribution in [-0.2, 0) is 19.6 Å². The van der Waals surface area contributed by atoms with Gasteiger partial charge in [0.25, 0.3) is 5.91 Å².